The molecule has 1 aliphatic rings. The second kappa shape index (κ2) is 11.5. The number of hydrogen-bond acceptors (Lipinski definition) is 2. The Hall–Kier alpha value is -1.03. The molecule has 1 aliphatic carbocycles. The van der Waals surface area contributed by atoms with Gasteiger partial charge in [0, 0.05) is 32.5 Å². The monoisotopic (exact) mass is 511 g/mol. The Morgan fingerprint density at radius 3 is 1.62 bits per heavy atom. The molecule has 0 spiro atoms. The predicted molar refractivity (Wildman–Crippen MR) is 97.7 cm³/mol. The van der Waals surface area contributed by atoms with Crippen molar-refractivity contribution in [3.8, 4) is 11.4 Å². The first-order valence-electron chi connectivity index (χ1n) is 7.93. The van der Waals surface area contributed by atoms with Gasteiger partial charge in [0.25, 0.3) is 0 Å². The van der Waals surface area contributed by atoms with E-state index in [4.69, 9.17) is 0 Å². The van der Waals surface area contributed by atoms with Gasteiger partial charge in [0.05, 0.1) is 5.69 Å². The molecular weight excluding hydrogens is 478 g/mol. The van der Waals surface area contributed by atoms with Crippen LogP contribution in [0.25, 0.3) is 11.4 Å². The average Bonchev–Trinajstić information content (AvgIpc) is 3.11. The topological polar surface area (TPSA) is 73.1 Å². The van der Waals surface area contributed by atoms with Crippen LogP contribution >= 0.6 is 0 Å². The summed E-state index contributed by atoms with van der Waals surface area (Å²) in [6, 6.07) is 7.64. The number of nitrogens with one attached hydrogen (secondary N) is 1. The fourth-order valence-corrected chi connectivity index (χ4v) is 3.31. The van der Waals surface area contributed by atoms with Crippen LogP contribution in [0, 0.1) is 37.0 Å². The Bertz CT molecular complexity index is 488. The SMILES string of the molecule is CC1C(C)C(C)C(C)C1C.O.[CH3-].[Ir].c1ccc(-c2cc[nH]n2)nc1. The van der Waals surface area contributed by atoms with Crippen molar-refractivity contribution in [3.63, 3.8) is 0 Å². The molecule has 0 saturated heterocycles. The summed E-state index contributed by atoms with van der Waals surface area (Å²) in [6.07, 6.45) is 3.54. The third kappa shape index (κ3) is 5.80. The molecule has 2 aromatic heterocycles. The van der Waals surface area contributed by atoms with E-state index in [1.807, 2.05) is 24.3 Å². The molecule has 24 heavy (non-hydrogen) atoms. The number of hydrogen-bond donors (Lipinski definition) is 1. The zero-order valence-electron chi connectivity index (χ0n) is 15.6. The van der Waals surface area contributed by atoms with Gasteiger partial charge in [-0.2, -0.15) is 5.10 Å². The molecule has 2 heterocycles. The number of H-pyrrole nitrogens is 1. The van der Waals surface area contributed by atoms with E-state index in [0.717, 1.165) is 41.0 Å². The first-order chi connectivity index (χ1) is 10.0. The first-order valence-corrected chi connectivity index (χ1v) is 7.93. The normalized spacial score (nSPS) is 27.6. The van der Waals surface area contributed by atoms with Gasteiger partial charge >= 0.3 is 0 Å². The van der Waals surface area contributed by atoms with Gasteiger partial charge in [-0.1, -0.05) is 40.7 Å². The molecule has 4 nitrogen and oxygen atoms in total. The molecule has 0 aliphatic heterocycles. The molecule has 3 N–H and O–H groups in total. The maximum absolute atomic E-state index is 4.14. The van der Waals surface area contributed by atoms with E-state index in [1.165, 1.54) is 0 Å². The van der Waals surface area contributed by atoms with Gasteiger partial charge in [-0.05, 0) is 47.8 Å². The Balaban J connectivity index is 0. The molecule has 139 valence electrons. The van der Waals surface area contributed by atoms with Crippen molar-refractivity contribution in [1.82, 2.24) is 15.2 Å². The van der Waals surface area contributed by atoms with E-state index >= 15 is 0 Å². The second-order valence-electron chi connectivity index (χ2n) is 6.47. The van der Waals surface area contributed by atoms with Crippen molar-refractivity contribution in [3.05, 3.63) is 44.1 Å². The maximum atomic E-state index is 4.14. The number of pyridine rings is 1. The molecule has 0 amide bonds. The minimum Gasteiger partial charge on any atom is -0.412 e. The Labute approximate surface area is 160 Å². The van der Waals surface area contributed by atoms with E-state index in [9.17, 15) is 0 Å². The summed E-state index contributed by atoms with van der Waals surface area (Å²) in [4.78, 5) is 4.14. The van der Waals surface area contributed by atoms with Crippen molar-refractivity contribution >= 4 is 0 Å². The van der Waals surface area contributed by atoms with Gasteiger partial charge in [-0.3, -0.25) is 10.1 Å². The van der Waals surface area contributed by atoms with Crippen molar-refractivity contribution < 1.29 is 25.6 Å². The van der Waals surface area contributed by atoms with Crippen molar-refractivity contribution in [2.45, 2.75) is 34.6 Å². The number of rotatable bonds is 1. The summed E-state index contributed by atoms with van der Waals surface area (Å²) >= 11 is 0. The van der Waals surface area contributed by atoms with Crippen molar-refractivity contribution in [2.24, 2.45) is 29.6 Å². The van der Waals surface area contributed by atoms with Gasteiger partial charge in [-0.25, -0.2) is 0 Å². The minimum atomic E-state index is 0. The molecule has 1 radical (unpaired) electrons. The third-order valence-electron chi connectivity index (χ3n) is 5.57. The molecule has 1 fully saturated rings. The van der Waals surface area contributed by atoms with Gasteiger partial charge < -0.3 is 12.9 Å². The smallest absolute Gasteiger partial charge is 0.110 e. The number of nitrogens with zero attached hydrogens (tertiary/aromatic N) is 2. The molecule has 0 unspecified atom stereocenters. The predicted octanol–water partition coefficient (Wildman–Crippen LogP) is 4.28. The molecule has 2 aromatic rings. The van der Waals surface area contributed by atoms with Gasteiger partial charge in [-0.15, -0.1) is 0 Å². The average molecular weight is 511 g/mol. The van der Waals surface area contributed by atoms with Crippen LogP contribution in [0.2, 0.25) is 0 Å². The zero-order chi connectivity index (χ0) is 15.4. The molecule has 0 aromatic carbocycles. The van der Waals surface area contributed by atoms with Crippen LogP contribution in [0.1, 0.15) is 34.6 Å². The van der Waals surface area contributed by atoms with Crippen LogP contribution in [0.3, 0.4) is 0 Å². The minimum absolute atomic E-state index is 0. The number of aromatic amines is 1. The summed E-state index contributed by atoms with van der Waals surface area (Å²) in [5.41, 5.74) is 1.78. The van der Waals surface area contributed by atoms with E-state index in [1.54, 1.807) is 12.4 Å². The summed E-state index contributed by atoms with van der Waals surface area (Å²) in [5.74, 6) is 4.68. The number of aromatic nitrogens is 3. The third-order valence-corrected chi connectivity index (χ3v) is 5.57. The van der Waals surface area contributed by atoms with Gasteiger partial charge in [0.15, 0.2) is 0 Å². The maximum Gasteiger partial charge on any atom is 0.110 e. The van der Waals surface area contributed by atoms with E-state index in [2.05, 4.69) is 49.8 Å². The van der Waals surface area contributed by atoms with Crippen molar-refractivity contribution in [2.75, 3.05) is 0 Å². The van der Waals surface area contributed by atoms with Crippen LogP contribution in [-0.4, -0.2) is 20.7 Å². The van der Waals surface area contributed by atoms with Gasteiger partial charge in [0.2, 0.25) is 0 Å². The summed E-state index contributed by atoms with van der Waals surface area (Å²) in [6.45, 7) is 12.0. The van der Waals surface area contributed by atoms with Crippen LogP contribution in [-0.2, 0) is 20.1 Å². The Morgan fingerprint density at radius 1 is 0.792 bits per heavy atom. The summed E-state index contributed by atoms with van der Waals surface area (Å²) in [5, 5.41) is 6.74. The summed E-state index contributed by atoms with van der Waals surface area (Å²) in [7, 11) is 0. The summed E-state index contributed by atoms with van der Waals surface area (Å²) < 4.78 is 0. The molecule has 5 heteroatoms. The van der Waals surface area contributed by atoms with E-state index in [-0.39, 0.29) is 33.0 Å². The van der Waals surface area contributed by atoms with Crippen LogP contribution in [0.5, 0.6) is 0 Å². The molecular formula is C19H32IrN3O-. The van der Waals surface area contributed by atoms with E-state index in [0.29, 0.717) is 0 Å². The van der Waals surface area contributed by atoms with Crippen LogP contribution in [0.15, 0.2) is 36.7 Å². The van der Waals surface area contributed by atoms with E-state index < -0.39 is 0 Å². The van der Waals surface area contributed by atoms with Gasteiger partial charge in [0.1, 0.15) is 5.69 Å². The fourth-order valence-electron chi connectivity index (χ4n) is 3.31. The molecule has 0 atom stereocenters. The Kier molecular flexibility index (Phi) is 12.1. The second-order valence-corrected chi connectivity index (χ2v) is 6.47. The fraction of sp³-hybridized carbons (Fsp3) is 0.526. The first kappa shape index (κ1) is 25.2. The molecule has 1 saturated carbocycles. The molecule has 0 bridgehead atoms. The molecule has 3 rings (SSSR count). The van der Waals surface area contributed by atoms with Crippen LogP contribution in [0.4, 0.5) is 0 Å². The standard InChI is InChI=1S/C10H20.C8H7N3.CH3.Ir.H2O/c1-6-7(2)9(4)10(5)8(6)3;1-2-5-9-7(3-1)8-4-6-10-11-8;;;/h6-10H,1-5H3;1-6H,(H,10,11);1H3;;1H2/q;;-1;;. The quantitative estimate of drug-likeness (QED) is 0.582. The van der Waals surface area contributed by atoms with Crippen LogP contribution < -0.4 is 0 Å². The largest absolute Gasteiger partial charge is 0.412 e. The zero-order valence-corrected chi connectivity index (χ0v) is 18.0. The Morgan fingerprint density at radius 2 is 1.29 bits per heavy atom. The van der Waals surface area contributed by atoms with Crippen molar-refractivity contribution in [1.29, 1.82) is 0 Å².